The first-order valence-electron chi connectivity index (χ1n) is 15.1. The molecule has 0 aliphatic carbocycles. The van der Waals surface area contributed by atoms with Gasteiger partial charge in [-0.25, -0.2) is 12.8 Å². The van der Waals surface area contributed by atoms with E-state index in [1.54, 1.807) is 49.4 Å². The molecule has 242 valence electrons. The van der Waals surface area contributed by atoms with Gasteiger partial charge in [0.15, 0.2) is 0 Å². The fourth-order valence-electron chi connectivity index (χ4n) is 5.01. The van der Waals surface area contributed by atoms with Crippen LogP contribution in [0.5, 0.6) is 0 Å². The second-order valence-electron chi connectivity index (χ2n) is 11.4. The molecule has 0 spiro atoms. The molecule has 2 amide bonds. The van der Waals surface area contributed by atoms with Gasteiger partial charge in [0, 0.05) is 29.6 Å². The molecular weight excluding hydrogens is 625 g/mol. The molecule has 0 saturated heterocycles. The van der Waals surface area contributed by atoms with Crippen LogP contribution in [0.4, 0.5) is 10.1 Å². The van der Waals surface area contributed by atoms with Crippen molar-refractivity contribution < 1.29 is 22.4 Å². The van der Waals surface area contributed by atoms with E-state index < -0.39 is 40.2 Å². The summed E-state index contributed by atoms with van der Waals surface area (Å²) in [7, 11) is -4.29. The van der Waals surface area contributed by atoms with Crippen LogP contribution in [0.3, 0.4) is 0 Å². The van der Waals surface area contributed by atoms with Crippen molar-refractivity contribution in [1.82, 2.24) is 10.2 Å². The smallest absolute Gasteiger partial charge is 0.264 e. The summed E-state index contributed by atoms with van der Waals surface area (Å²) in [5, 5.41) is 3.26. The van der Waals surface area contributed by atoms with Crippen molar-refractivity contribution in [2.24, 2.45) is 0 Å². The van der Waals surface area contributed by atoms with E-state index in [0.29, 0.717) is 12.0 Å². The lowest BCUT2D eigenvalue weighted by Crippen LogP contribution is -2.54. The number of benzene rings is 4. The second kappa shape index (κ2) is 15.4. The lowest BCUT2D eigenvalue weighted by Gasteiger charge is -2.34. The van der Waals surface area contributed by atoms with Gasteiger partial charge < -0.3 is 10.2 Å². The number of sulfonamides is 1. The summed E-state index contributed by atoms with van der Waals surface area (Å²) in [5.41, 5.74) is 2.64. The Balaban J connectivity index is 1.85. The Morgan fingerprint density at radius 1 is 0.913 bits per heavy atom. The Bertz CT molecular complexity index is 1770. The number of anilines is 1. The van der Waals surface area contributed by atoms with Crippen LogP contribution in [0, 0.1) is 19.7 Å². The van der Waals surface area contributed by atoms with E-state index in [1.165, 1.54) is 29.2 Å². The summed E-state index contributed by atoms with van der Waals surface area (Å²) in [6, 6.07) is 25.1. The predicted octanol–water partition coefficient (Wildman–Crippen LogP) is 6.85. The van der Waals surface area contributed by atoms with E-state index in [2.05, 4.69) is 5.32 Å². The average molecular weight is 664 g/mol. The number of rotatable bonds is 13. The van der Waals surface area contributed by atoms with Crippen LogP contribution in [-0.4, -0.2) is 43.8 Å². The van der Waals surface area contributed by atoms with Gasteiger partial charge >= 0.3 is 0 Å². The van der Waals surface area contributed by atoms with Crippen LogP contribution in [0.15, 0.2) is 102 Å². The molecule has 4 aromatic carbocycles. The number of hydrogen-bond donors (Lipinski definition) is 1. The zero-order chi connectivity index (χ0) is 33.4. The highest BCUT2D eigenvalue weighted by molar-refractivity contribution is 7.92. The van der Waals surface area contributed by atoms with Gasteiger partial charge in [-0.05, 0) is 68.7 Å². The van der Waals surface area contributed by atoms with Gasteiger partial charge in [0.1, 0.15) is 18.4 Å². The summed E-state index contributed by atoms with van der Waals surface area (Å²) in [4.78, 5) is 29.7. The number of amides is 2. The van der Waals surface area contributed by atoms with E-state index in [-0.39, 0.29) is 40.2 Å². The predicted molar refractivity (Wildman–Crippen MR) is 181 cm³/mol. The Labute approximate surface area is 276 Å². The number of halogens is 2. The third-order valence-electron chi connectivity index (χ3n) is 7.90. The van der Waals surface area contributed by atoms with Gasteiger partial charge in [0.25, 0.3) is 10.0 Å². The van der Waals surface area contributed by atoms with Crippen LogP contribution in [-0.2, 0) is 32.6 Å². The largest absolute Gasteiger partial charge is 0.352 e. The zero-order valence-electron chi connectivity index (χ0n) is 26.4. The quantitative estimate of drug-likeness (QED) is 0.170. The molecule has 0 saturated carbocycles. The van der Waals surface area contributed by atoms with Crippen molar-refractivity contribution in [3.8, 4) is 0 Å². The van der Waals surface area contributed by atoms with Crippen LogP contribution < -0.4 is 9.62 Å². The summed E-state index contributed by atoms with van der Waals surface area (Å²) < 4.78 is 44.6. The summed E-state index contributed by atoms with van der Waals surface area (Å²) in [5.74, 6) is -1.65. The van der Waals surface area contributed by atoms with Crippen molar-refractivity contribution in [3.05, 3.63) is 130 Å². The standard InChI is InChI=1S/C36H39ClFN3O4S/c1-5-27(4)39-36(43)34(21-28-11-7-6-8-12-28)40(23-29-13-9-10-14-32(29)38)35(42)24-41(33-22-30(37)18-17-26(33)3)46(44,45)31-19-15-25(2)16-20-31/h6-20,22,27,34H,5,21,23-24H2,1-4H3,(H,39,43). The van der Waals surface area contributed by atoms with Crippen molar-refractivity contribution in [3.63, 3.8) is 0 Å². The molecule has 0 aliphatic rings. The molecule has 0 aliphatic heterocycles. The van der Waals surface area contributed by atoms with Gasteiger partial charge in [-0.15, -0.1) is 0 Å². The highest BCUT2D eigenvalue weighted by Crippen LogP contribution is 2.30. The molecule has 4 aromatic rings. The van der Waals surface area contributed by atoms with Gasteiger partial charge in [-0.3, -0.25) is 13.9 Å². The minimum absolute atomic E-state index is 0.0127. The molecule has 2 unspecified atom stereocenters. The van der Waals surface area contributed by atoms with E-state index in [9.17, 15) is 18.0 Å². The molecule has 7 nitrogen and oxygen atoms in total. The average Bonchev–Trinajstić information content (AvgIpc) is 3.04. The number of hydrogen-bond acceptors (Lipinski definition) is 4. The number of carbonyl (C=O) groups is 2. The van der Waals surface area contributed by atoms with Crippen molar-refractivity contribution >= 4 is 39.1 Å². The zero-order valence-corrected chi connectivity index (χ0v) is 28.0. The fraction of sp³-hybridized carbons (Fsp3) is 0.278. The number of carbonyl (C=O) groups excluding carboxylic acids is 2. The van der Waals surface area contributed by atoms with Crippen molar-refractivity contribution in [1.29, 1.82) is 0 Å². The third kappa shape index (κ3) is 8.53. The van der Waals surface area contributed by atoms with Gasteiger partial charge in [-0.2, -0.15) is 0 Å². The number of nitrogens with zero attached hydrogens (tertiary/aromatic N) is 2. The van der Waals surface area contributed by atoms with Crippen molar-refractivity contribution in [2.45, 2.75) is 64.1 Å². The van der Waals surface area contributed by atoms with Crippen molar-refractivity contribution in [2.75, 3.05) is 10.8 Å². The highest BCUT2D eigenvalue weighted by atomic mass is 35.5. The van der Waals surface area contributed by atoms with Gasteiger partial charge in [0.2, 0.25) is 11.8 Å². The molecule has 0 bridgehead atoms. The number of nitrogens with one attached hydrogen (secondary N) is 1. The Kier molecular flexibility index (Phi) is 11.6. The fourth-order valence-corrected chi connectivity index (χ4v) is 6.64. The first-order valence-corrected chi connectivity index (χ1v) is 16.9. The SMILES string of the molecule is CCC(C)NC(=O)C(Cc1ccccc1)N(Cc1ccccc1F)C(=O)CN(c1cc(Cl)ccc1C)S(=O)(=O)c1ccc(C)cc1. The van der Waals surface area contributed by atoms with Crippen LogP contribution in [0.1, 0.15) is 42.5 Å². The maximum atomic E-state index is 15.1. The first-order chi connectivity index (χ1) is 21.9. The molecule has 0 fully saturated rings. The molecule has 2 atom stereocenters. The van der Waals surface area contributed by atoms with E-state index in [0.717, 1.165) is 15.4 Å². The molecule has 1 N–H and O–H groups in total. The van der Waals surface area contributed by atoms with Crippen LogP contribution >= 0.6 is 11.6 Å². The maximum Gasteiger partial charge on any atom is 0.264 e. The minimum Gasteiger partial charge on any atom is -0.352 e. The summed E-state index contributed by atoms with van der Waals surface area (Å²) >= 11 is 6.33. The van der Waals surface area contributed by atoms with E-state index >= 15 is 4.39 Å². The minimum atomic E-state index is -4.29. The molecule has 0 heterocycles. The van der Waals surface area contributed by atoms with Crippen LogP contribution in [0.25, 0.3) is 0 Å². The third-order valence-corrected chi connectivity index (χ3v) is 9.91. The molecular formula is C36H39ClFN3O4S. The summed E-state index contributed by atoms with van der Waals surface area (Å²) in [6.45, 7) is 6.44. The lowest BCUT2D eigenvalue weighted by molar-refractivity contribution is -0.140. The summed E-state index contributed by atoms with van der Waals surface area (Å²) in [6.07, 6.45) is 0.784. The highest BCUT2D eigenvalue weighted by Gasteiger charge is 2.35. The van der Waals surface area contributed by atoms with Gasteiger partial charge in [-0.1, -0.05) is 90.8 Å². The van der Waals surface area contributed by atoms with Gasteiger partial charge in [0.05, 0.1) is 10.6 Å². The molecule has 0 aromatic heterocycles. The Morgan fingerprint density at radius 2 is 1.57 bits per heavy atom. The molecule has 4 rings (SSSR count). The molecule has 10 heteroatoms. The van der Waals surface area contributed by atoms with E-state index in [4.69, 9.17) is 11.6 Å². The maximum absolute atomic E-state index is 15.1. The molecule has 0 radical (unpaired) electrons. The Hall–Kier alpha value is -4.21. The number of aryl methyl sites for hydroxylation is 2. The normalized spacial score (nSPS) is 12.7. The topological polar surface area (TPSA) is 86.8 Å². The monoisotopic (exact) mass is 663 g/mol. The Morgan fingerprint density at radius 3 is 2.22 bits per heavy atom. The van der Waals surface area contributed by atoms with Crippen LogP contribution in [0.2, 0.25) is 5.02 Å². The first kappa shape index (κ1) is 34.7. The lowest BCUT2D eigenvalue weighted by atomic mass is 10.0. The second-order valence-corrected chi connectivity index (χ2v) is 13.7. The van der Waals surface area contributed by atoms with E-state index in [1.807, 2.05) is 51.1 Å². The molecule has 46 heavy (non-hydrogen) atoms.